The third-order valence-electron chi connectivity index (χ3n) is 4.35. The van der Waals surface area contributed by atoms with Crippen molar-refractivity contribution in [3.8, 4) is 0 Å². The van der Waals surface area contributed by atoms with Gasteiger partial charge in [0.05, 0.1) is 13.2 Å². The fourth-order valence-corrected chi connectivity index (χ4v) is 3.08. The van der Waals surface area contributed by atoms with E-state index in [1.165, 1.54) is 11.3 Å². The molecule has 2 N–H and O–H groups in total. The maximum Gasteiger partial charge on any atom is 0.242 e. The Hall–Kier alpha value is -2.08. The lowest BCUT2D eigenvalue weighted by atomic mass is 10.1. The number of para-hydroxylation sites is 1. The van der Waals surface area contributed by atoms with Crippen molar-refractivity contribution < 1.29 is 14.3 Å². The molecule has 2 aliphatic heterocycles. The average molecular weight is 317 g/mol. The van der Waals surface area contributed by atoms with Crippen LogP contribution < -0.4 is 15.5 Å². The lowest BCUT2D eigenvalue weighted by Gasteiger charge is -2.30. The number of anilines is 1. The summed E-state index contributed by atoms with van der Waals surface area (Å²) in [6, 6.07) is 7.83. The second-order valence-corrected chi connectivity index (χ2v) is 5.93. The van der Waals surface area contributed by atoms with Crippen molar-refractivity contribution in [1.29, 1.82) is 0 Å². The third kappa shape index (κ3) is 4.01. The highest BCUT2D eigenvalue weighted by Gasteiger charge is 2.25. The van der Waals surface area contributed by atoms with Gasteiger partial charge in [0.25, 0.3) is 0 Å². The lowest BCUT2D eigenvalue weighted by molar-refractivity contribution is -0.127. The van der Waals surface area contributed by atoms with E-state index in [-0.39, 0.29) is 17.9 Å². The van der Waals surface area contributed by atoms with Gasteiger partial charge in [-0.05, 0) is 24.5 Å². The van der Waals surface area contributed by atoms with E-state index in [9.17, 15) is 9.59 Å². The molecule has 3 rings (SSSR count). The van der Waals surface area contributed by atoms with Gasteiger partial charge in [0.2, 0.25) is 11.8 Å². The van der Waals surface area contributed by atoms with Gasteiger partial charge in [0.1, 0.15) is 6.04 Å². The van der Waals surface area contributed by atoms with Crippen LogP contribution in [0.4, 0.5) is 5.69 Å². The van der Waals surface area contributed by atoms with Gasteiger partial charge in [-0.1, -0.05) is 18.2 Å². The van der Waals surface area contributed by atoms with Gasteiger partial charge in [0, 0.05) is 31.7 Å². The van der Waals surface area contributed by atoms with Crippen molar-refractivity contribution in [1.82, 2.24) is 10.6 Å². The summed E-state index contributed by atoms with van der Waals surface area (Å²) in [5, 5.41) is 5.54. The number of morpholine rings is 1. The van der Waals surface area contributed by atoms with E-state index >= 15 is 0 Å². The molecule has 1 aromatic rings. The van der Waals surface area contributed by atoms with Crippen LogP contribution in [0.2, 0.25) is 0 Å². The summed E-state index contributed by atoms with van der Waals surface area (Å²) in [6.07, 6.45) is 1.74. The number of rotatable bonds is 5. The first-order chi connectivity index (χ1) is 11.2. The number of amides is 2. The van der Waals surface area contributed by atoms with E-state index < -0.39 is 0 Å². The van der Waals surface area contributed by atoms with Crippen LogP contribution in [0.25, 0.3) is 0 Å². The molecule has 0 aromatic heterocycles. The minimum Gasteiger partial charge on any atom is -0.378 e. The molecule has 1 atom stereocenters. The number of carbonyl (C=O) groups is 2. The van der Waals surface area contributed by atoms with Gasteiger partial charge in [-0.3, -0.25) is 9.59 Å². The number of benzene rings is 1. The molecule has 0 radical (unpaired) electrons. The third-order valence-corrected chi connectivity index (χ3v) is 4.35. The molecule has 0 aliphatic carbocycles. The standard InChI is InChI=1S/C17H23N3O3/c21-16(19-14-7-8-18-17(14)22)6-5-13-3-1-2-4-15(13)20-9-11-23-12-10-20/h1-4,14H,5-12H2,(H,18,22)(H,19,21)/t14-/m0/s1. The average Bonchev–Trinajstić information content (AvgIpc) is 2.99. The summed E-state index contributed by atoms with van der Waals surface area (Å²) in [5.74, 6) is -0.143. The molecule has 1 aromatic carbocycles. The first kappa shape index (κ1) is 15.8. The molecular formula is C17H23N3O3. The Balaban J connectivity index is 1.57. The highest BCUT2D eigenvalue weighted by Crippen LogP contribution is 2.22. The maximum atomic E-state index is 12.1. The lowest BCUT2D eigenvalue weighted by Crippen LogP contribution is -2.40. The van der Waals surface area contributed by atoms with Crippen LogP contribution >= 0.6 is 0 Å². The second-order valence-electron chi connectivity index (χ2n) is 5.93. The van der Waals surface area contributed by atoms with Crippen LogP contribution in [-0.2, 0) is 20.7 Å². The van der Waals surface area contributed by atoms with Gasteiger partial charge in [-0.2, -0.15) is 0 Å². The minimum atomic E-state index is -0.364. The van der Waals surface area contributed by atoms with Crippen LogP contribution in [-0.4, -0.2) is 50.7 Å². The zero-order valence-corrected chi connectivity index (χ0v) is 13.2. The van der Waals surface area contributed by atoms with E-state index in [1.54, 1.807) is 0 Å². The molecule has 2 aliphatic rings. The number of nitrogens with zero attached hydrogens (tertiary/aromatic N) is 1. The molecule has 124 valence electrons. The predicted molar refractivity (Wildman–Crippen MR) is 87.4 cm³/mol. The van der Waals surface area contributed by atoms with Crippen molar-refractivity contribution >= 4 is 17.5 Å². The first-order valence-corrected chi connectivity index (χ1v) is 8.22. The largest absolute Gasteiger partial charge is 0.378 e. The van der Waals surface area contributed by atoms with Crippen LogP contribution in [0.15, 0.2) is 24.3 Å². The number of nitrogens with one attached hydrogen (secondary N) is 2. The van der Waals surface area contributed by atoms with Gasteiger partial charge in [0.15, 0.2) is 0 Å². The Bertz CT molecular complexity index is 570. The van der Waals surface area contributed by atoms with E-state index in [2.05, 4.69) is 27.7 Å². The second kappa shape index (κ2) is 7.46. The highest BCUT2D eigenvalue weighted by molar-refractivity contribution is 5.89. The molecule has 0 saturated carbocycles. The van der Waals surface area contributed by atoms with Crippen molar-refractivity contribution in [2.45, 2.75) is 25.3 Å². The summed E-state index contributed by atoms with van der Waals surface area (Å²) in [6.45, 7) is 3.89. The van der Waals surface area contributed by atoms with Crippen LogP contribution in [0.3, 0.4) is 0 Å². The Morgan fingerprint density at radius 2 is 2.09 bits per heavy atom. The summed E-state index contributed by atoms with van der Waals surface area (Å²) in [4.78, 5) is 25.9. The molecule has 23 heavy (non-hydrogen) atoms. The Morgan fingerprint density at radius 1 is 1.30 bits per heavy atom. The number of hydrogen-bond acceptors (Lipinski definition) is 4. The first-order valence-electron chi connectivity index (χ1n) is 8.22. The SMILES string of the molecule is O=C(CCc1ccccc1N1CCOCC1)N[C@H]1CCNC1=O. The predicted octanol–water partition coefficient (Wildman–Crippen LogP) is 0.461. The molecular weight excluding hydrogens is 294 g/mol. The summed E-state index contributed by atoms with van der Waals surface area (Å²) in [5.41, 5.74) is 2.35. The number of hydrogen-bond donors (Lipinski definition) is 2. The van der Waals surface area contributed by atoms with E-state index in [0.29, 0.717) is 25.8 Å². The molecule has 2 amide bonds. The van der Waals surface area contributed by atoms with Crippen LogP contribution in [0.5, 0.6) is 0 Å². The van der Waals surface area contributed by atoms with Gasteiger partial charge >= 0.3 is 0 Å². The van der Waals surface area contributed by atoms with E-state index in [1.807, 2.05) is 12.1 Å². The Labute approximate surface area is 136 Å². The Kier molecular flexibility index (Phi) is 5.12. The summed E-state index contributed by atoms with van der Waals surface area (Å²) in [7, 11) is 0. The van der Waals surface area contributed by atoms with Crippen LogP contribution in [0, 0.1) is 0 Å². The van der Waals surface area contributed by atoms with Gasteiger partial charge < -0.3 is 20.3 Å². The fourth-order valence-electron chi connectivity index (χ4n) is 3.08. The van der Waals surface area contributed by atoms with Crippen molar-refractivity contribution in [3.63, 3.8) is 0 Å². The molecule has 0 spiro atoms. The van der Waals surface area contributed by atoms with Crippen molar-refractivity contribution in [2.24, 2.45) is 0 Å². The molecule has 2 heterocycles. The molecule has 2 fully saturated rings. The van der Waals surface area contributed by atoms with E-state index in [4.69, 9.17) is 4.74 Å². The minimum absolute atomic E-state index is 0.0659. The normalized spacial score (nSPS) is 21.1. The molecule has 2 saturated heterocycles. The topological polar surface area (TPSA) is 70.7 Å². The summed E-state index contributed by atoms with van der Waals surface area (Å²) >= 11 is 0. The molecule has 0 bridgehead atoms. The van der Waals surface area contributed by atoms with E-state index in [0.717, 1.165) is 26.3 Å². The van der Waals surface area contributed by atoms with Gasteiger partial charge in [-0.25, -0.2) is 0 Å². The number of aryl methyl sites for hydroxylation is 1. The van der Waals surface area contributed by atoms with Crippen molar-refractivity contribution in [3.05, 3.63) is 29.8 Å². The zero-order chi connectivity index (χ0) is 16.1. The smallest absolute Gasteiger partial charge is 0.242 e. The molecule has 6 heteroatoms. The highest BCUT2D eigenvalue weighted by atomic mass is 16.5. The van der Waals surface area contributed by atoms with Crippen LogP contribution in [0.1, 0.15) is 18.4 Å². The fraction of sp³-hybridized carbons (Fsp3) is 0.529. The zero-order valence-electron chi connectivity index (χ0n) is 13.2. The number of ether oxygens (including phenoxy) is 1. The number of carbonyl (C=O) groups excluding carboxylic acids is 2. The Morgan fingerprint density at radius 3 is 2.83 bits per heavy atom. The quantitative estimate of drug-likeness (QED) is 0.828. The van der Waals surface area contributed by atoms with Crippen molar-refractivity contribution in [2.75, 3.05) is 37.7 Å². The molecule has 6 nitrogen and oxygen atoms in total. The monoisotopic (exact) mass is 317 g/mol. The maximum absolute atomic E-state index is 12.1. The summed E-state index contributed by atoms with van der Waals surface area (Å²) < 4.78 is 5.40. The van der Waals surface area contributed by atoms with Gasteiger partial charge in [-0.15, -0.1) is 0 Å². The molecule has 0 unspecified atom stereocenters.